The molecule has 2 bridgehead atoms. The molecule has 7 nitrogen and oxygen atoms in total. The van der Waals surface area contributed by atoms with Gasteiger partial charge in [-0.1, -0.05) is 33.6 Å². The number of allylic oxidation sites excluding steroid dienone is 2. The number of fused-ring (bicyclic) bond motifs is 5. The number of imide groups is 1. The molecule has 180 valence electrons. The van der Waals surface area contributed by atoms with Crippen molar-refractivity contribution in [2.75, 3.05) is 16.8 Å². The van der Waals surface area contributed by atoms with Gasteiger partial charge in [-0.15, -0.1) is 0 Å². The lowest BCUT2D eigenvalue weighted by atomic mass is 9.82. The van der Waals surface area contributed by atoms with Gasteiger partial charge in [0.25, 0.3) is 5.91 Å². The molecule has 35 heavy (non-hydrogen) atoms. The number of rotatable bonds is 5. The number of hydrogen-bond acceptors (Lipinski definition) is 5. The third kappa shape index (κ3) is 3.99. The third-order valence-electron chi connectivity index (χ3n) is 7.33. The molecule has 0 aromatic heterocycles. The smallest absolute Gasteiger partial charge is 0.338 e. The van der Waals surface area contributed by atoms with Crippen molar-refractivity contribution in [3.63, 3.8) is 0 Å². The summed E-state index contributed by atoms with van der Waals surface area (Å²) in [5.74, 6) is -1.99. The van der Waals surface area contributed by atoms with Crippen molar-refractivity contribution in [1.82, 2.24) is 0 Å². The number of anilines is 2. The second kappa shape index (κ2) is 8.75. The van der Waals surface area contributed by atoms with Crippen LogP contribution >= 0.6 is 15.9 Å². The molecule has 8 heteroatoms. The minimum absolute atomic E-state index is 0.108. The van der Waals surface area contributed by atoms with Gasteiger partial charge in [-0.2, -0.15) is 0 Å². The van der Waals surface area contributed by atoms with Gasteiger partial charge in [-0.05, 0) is 80.5 Å². The number of esters is 1. The molecule has 1 aliphatic heterocycles. The van der Waals surface area contributed by atoms with Crippen LogP contribution in [0.2, 0.25) is 0 Å². The van der Waals surface area contributed by atoms with E-state index in [0.29, 0.717) is 11.4 Å². The minimum atomic E-state index is -0.706. The van der Waals surface area contributed by atoms with E-state index in [-0.39, 0.29) is 41.0 Å². The number of halogens is 1. The molecule has 2 fully saturated rings. The number of hydrogen-bond donors (Lipinski definition) is 1. The molecule has 3 amide bonds. The Labute approximate surface area is 211 Å². The molecule has 5 rings (SSSR count). The molecular formula is C27H25BrN2O5. The van der Waals surface area contributed by atoms with Gasteiger partial charge in [-0.25, -0.2) is 9.69 Å². The van der Waals surface area contributed by atoms with Gasteiger partial charge in [0.1, 0.15) is 0 Å². The highest BCUT2D eigenvalue weighted by molar-refractivity contribution is 9.10. The van der Waals surface area contributed by atoms with Crippen molar-refractivity contribution in [2.45, 2.75) is 27.2 Å². The van der Waals surface area contributed by atoms with Crippen LogP contribution in [0, 0.1) is 37.5 Å². The van der Waals surface area contributed by atoms with Crippen molar-refractivity contribution < 1.29 is 23.9 Å². The summed E-state index contributed by atoms with van der Waals surface area (Å²) >= 11 is 3.45. The molecule has 1 heterocycles. The molecule has 0 spiro atoms. The minimum Gasteiger partial charge on any atom is -0.452 e. The number of carbonyl (C=O) groups is 4. The van der Waals surface area contributed by atoms with Crippen LogP contribution < -0.4 is 10.2 Å². The number of amides is 3. The Hall–Kier alpha value is -3.26. The first kappa shape index (κ1) is 23.5. The molecular weight excluding hydrogens is 512 g/mol. The largest absolute Gasteiger partial charge is 0.452 e. The van der Waals surface area contributed by atoms with E-state index in [1.54, 1.807) is 12.1 Å². The standard InChI is InChI=1S/C27H25BrN2O5/c1-13-7-17-11-19(13)24-23(17)25(32)30(26(24)33)18-6-4-5-16(10-18)27(34)35-12-22(31)29-21-9-14(2)20(28)8-15(21)3/h4-10,17,19,23-24H,11-12H2,1-3H3,(H,29,31)/t17-,19+,23+,24+/m0/s1. The van der Waals surface area contributed by atoms with Crippen LogP contribution in [0.1, 0.15) is 34.8 Å². The van der Waals surface area contributed by atoms with E-state index in [2.05, 4.69) is 27.3 Å². The lowest BCUT2D eigenvalue weighted by molar-refractivity contribution is -0.123. The van der Waals surface area contributed by atoms with Gasteiger partial charge in [0, 0.05) is 10.2 Å². The summed E-state index contributed by atoms with van der Waals surface area (Å²) in [7, 11) is 0. The Bertz CT molecular complexity index is 1320. The van der Waals surface area contributed by atoms with E-state index in [1.807, 2.05) is 32.9 Å². The van der Waals surface area contributed by atoms with Gasteiger partial charge in [0.15, 0.2) is 6.61 Å². The van der Waals surface area contributed by atoms with Gasteiger partial charge < -0.3 is 10.1 Å². The summed E-state index contributed by atoms with van der Waals surface area (Å²) in [6.07, 6.45) is 2.98. The lowest BCUT2D eigenvalue weighted by Gasteiger charge is -2.19. The van der Waals surface area contributed by atoms with E-state index >= 15 is 0 Å². The predicted molar refractivity (Wildman–Crippen MR) is 134 cm³/mol. The van der Waals surface area contributed by atoms with Crippen molar-refractivity contribution in [3.8, 4) is 0 Å². The zero-order valence-corrected chi connectivity index (χ0v) is 21.2. The van der Waals surface area contributed by atoms with Crippen LogP contribution in [0.5, 0.6) is 0 Å². The topological polar surface area (TPSA) is 92.8 Å². The highest BCUT2D eigenvalue weighted by Gasteiger charge is 2.60. The molecule has 1 saturated carbocycles. The van der Waals surface area contributed by atoms with Crippen molar-refractivity contribution in [3.05, 3.63) is 69.2 Å². The first-order valence-corrected chi connectivity index (χ1v) is 12.3. The fraction of sp³-hybridized carbons (Fsp3) is 0.333. The van der Waals surface area contributed by atoms with E-state index in [0.717, 1.165) is 22.0 Å². The predicted octanol–water partition coefficient (Wildman–Crippen LogP) is 4.56. The van der Waals surface area contributed by atoms with E-state index < -0.39 is 18.5 Å². The van der Waals surface area contributed by atoms with Crippen LogP contribution in [-0.2, 0) is 19.1 Å². The SMILES string of the molecule is CC1=C[C@H]2C[C@H]1[C@H]1C(=O)N(c3cccc(C(=O)OCC(=O)Nc4cc(C)c(Br)cc4C)c3)C(=O)[C@@H]12. The number of nitrogens with one attached hydrogen (secondary N) is 1. The Morgan fingerprint density at radius 1 is 1.06 bits per heavy atom. The number of ether oxygens (including phenoxy) is 1. The second-order valence-corrected chi connectivity index (χ2v) is 10.4. The number of nitrogens with zero attached hydrogens (tertiary/aromatic N) is 1. The quantitative estimate of drug-likeness (QED) is 0.343. The van der Waals surface area contributed by atoms with Crippen molar-refractivity contribution in [2.24, 2.45) is 23.7 Å². The van der Waals surface area contributed by atoms with Crippen LogP contribution in [0.3, 0.4) is 0 Å². The molecule has 0 radical (unpaired) electrons. The molecule has 2 aliphatic carbocycles. The zero-order valence-electron chi connectivity index (χ0n) is 19.6. The van der Waals surface area contributed by atoms with Crippen LogP contribution in [-0.4, -0.2) is 30.3 Å². The van der Waals surface area contributed by atoms with Gasteiger partial charge in [-0.3, -0.25) is 14.4 Å². The molecule has 2 aromatic carbocycles. The van der Waals surface area contributed by atoms with Crippen molar-refractivity contribution >= 4 is 51.0 Å². The Morgan fingerprint density at radius 2 is 1.80 bits per heavy atom. The maximum atomic E-state index is 13.2. The van der Waals surface area contributed by atoms with Gasteiger partial charge in [0.2, 0.25) is 11.8 Å². The maximum absolute atomic E-state index is 13.2. The zero-order chi connectivity index (χ0) is 25.0. The molecule has 1 N–H and O–H groups in total. The highest BCUT2D eigenvalue weighted by Crippen LogP contribution is 2.55. The van der Waals surface area contributed by atoms with E-state index in [4.69, 9.17) is 4.74 Å². The summed E-state index contributed by atoms with van der Waals surface area (Å²) in [5, 5.41) is 2.75. The molecule has 1 saturated heterocycles. The number of benzene rings is 2. The number of carbonyl (C=O) groups excluding carboxylic acids is 4. The number of aryl methyl sites for hydroxylation is 2. The normalized spacial score (nSPS) is 24.5. The molecule has 3 aliphatic rings. The average Bonchev–Trinajstić information content (AvgIpc) is 3.46. The average molecular weight is 537 g/mol. The lowest BCUT2D eigenvalue weighted by Crippen LogP contribution is -2.33. The molecule has 0 unspecified atom stereocenters. The van der Waals surface area contributed by atoms with Crippen molar-refractivity contribution in [1.29, 1.82) is 0 Å². The van der Waals surface area contributed by atoms with Gasteiger partial charge >= 0.3 is 5.97 Å². The summed E-state index contributed by atoms with van der Waals surface area (Å²) in [4.78, 5) is 52.5. The van der Waals surface area contributed by atoms with Gasteiger partial charge in [0.05, 0.1) is 23.1 Å². The summed E-state index contributed by atoms with van der Waals surface area (Å²) in [6, 6.07) is 9.99. The Balaban J connectivity index is 1.25. The summed E-state index contributed by atoms with van der Waals surface area (Å²) < 4.78 is 6.14. The molecule has 2 aromatic rings. The Morgan fingerprint density at radius 3 is 2.57 bits per heavy atom. The van der Waals surface area contributed by atoms with Crippen LogP contribution in [0.15, 0.2) is 52.5 Å². The summed E-state index contributed by atoms with van der Waals surface area (Å²) in [5.41, 5.74) is 4.19. The summed E-state index contributed by atoms with van der Waals surface area (Å²) in [6.45, 7) is 5.35. The monoisotopic (exact) mass is 536 g/mol. The fourth-order valence-corrected chi connectivity index (χ4v) is 6.07. The van der Waals surface area contributed by atoms with Crippen LogP contribution in [0.4, 0.5) is 11.4 Å². The van der Waals surface area contributed by atoms with Crippen LogP contribution in [0.25, 0.3) is 0 Å². The van der Waals surface area contributed by atoms with E-state index in [1.165, 1.54) is 22.6 Å². The second-order valence-electron chi connectivity index (χ2n) is 9.57. The third-order valence-corrected chi connectivity index (χ3v) is 8.19. The first-order valence-electron chi connectivity index (χ1n) is 11.6. The van der Waals surface area contributed by atoms with E-state index in [9.17, 15) is 19.2 Å². The maximum Gasteiger partial charge on any atom is 0.338 e. The Kier molecular flexibility index (Phi) is 5.87. The highest BCUT2D eigenvalue weighted by atomic mass is 79.9. The first-order chi connectivity index (χ1) is 16.7. The fourth-order valence-electron chi connectivity index (χ4n) is 5.62. The molecule has 4 atom stereocenters.